The van der Waals surface area contributed by atoms with Gasteiger partial charge in [-0.25, -0.2) is 0 Å². The van der Waals surface area contributed by atoms with Crippen LogP contribution < -0.4 is 5.32 Å². The molecule has 3 aromatic rings. The molecule has 1 N–H and O–H groups in total. The van der Waals surface area contributed by atoms with Crippen LogP contribution in [-0.2, 0) is 17.9 Å². The second kappa shape index (κ2) is 8.55. The van der Waals surface area contributed by atoms with Crippen molar-refractivity contribution in [3.05, 3.63) is 40.5 Å². The van der Waals surface area contributed by atoms with Gasteiger partial charge in [-0.1, -0.05) is 31.7 Å². The predicted molar refractivity (Wildman–Crippen MR) is 104 cm³/mol. The zero-order chi connectivity index (χ0) is 18.5. The molecule has 0 bridgehead atoms. The Morgan fingerprint density at radius 3 is 2.88 bits per heavy atom. The zero-order valence-electron chi connectivity index (χ0n) is 15.1. The van der Waals surface area contributed by atoms with E-state index in [0.717, 1.165) is 33.7 Å². The number of furan rings is 1. The van der Waals surface area contributed by atoms with Crippen LogP contribution in [0.3, 0.4) is 0 Å². The van der Waals surface area contributed by atoms with Gasteiger partial charge < -0.3 is 14.3 Å². The molecule has 3 aromatic heterocycles. The molecule has 0 spiro atoms. The largest absolute Gasteiger partial charge is 0.469 e. The molecule has 6 nitrogen and oxygen atoms in total. The van der Waals surface area contributed by atoms with Gasteiger partial charge in [-0.2, -0.15) is 0 Å². The molecule has 1 amide bonds. The second-order valence-electron chi connectivity index (χ2n) is 6.35. The molecule has 0 radical (unpaired) electrons. The number of carbonyl (C=O) groups is 1. The van der Waals surface area contributed by atoms with Crippen LogP contribution in [0.4, 0.5) is 0 Å². The highest BCUT2D eigenvalue weighted by atomic mass is 32.2. The number of hydrogen-bond acceptors (Lipinski definition) is 6. The quantitative estimate of drug-likeness (QED) is 0.589. The molecule has 0 aliphatic carbocycles. The van der Waals surface area contributed by atoms with E-state index in [0.29, 0.717) is 18.2 Å². The Balaban J connectivity index is 1.68. The monoisotopic (exact) mass is 390 g/mol. The highest BCUT2D eigenvalue weighted by Crippen LogP contribution is 2.27. The topological polar surface area (TPSA) is 72.9 Å². The fourth-order valence-corrected chi connectivity index (χ4v) is 3.94. The summed E-state index contributed by atoms with van der Waals surface area (Å²) in [7, 11) is 0. The lowest BCUT2D eigenvalue weighted by molar-refractivity contribution is -0.118. The van der Waals surface area contributed by atoms with Crippen LogP contribution in [0.15, 0.2) is 39.4 Å². The number of carbonyl (C=O) groups excluding carboxylic acids is 1. The maximum atomic E-state index is 12.1. The predicted octanol–water partition coefficient (Wildman–Crippen LogP) is 3.97. The van der Waals surface area contributed by atoms with Crippen LogP contribution in [0.2, 0.25) is 0 Å². The number of thiophene rings is 1. The van der Waals surface area contributed by atoms with Crippen molar-refractivity contribution in [3.8, 4) is 11.4 Å². The van der Waals surface area contributed by atoms with Gasteiger partial charge in [0.1, 0.15) is 5.76 Å². The maximum absolute atomic E-state index is 12.1. The normalized spacial score (nSPS) is 11.2. The minimum atomic E-state index is -0.0106. The van der Waals surface area contributed by atoms with E-state index in [-0.39, 0.29) is 5.91 Å². The zero-order valence-corrected chi connectivity index (χ0v) is 16.7. The summed E-state index contributed by atoms with van der Waals surface area (Å²) >= 11 is 3.04. The van der Waals surface area contributed by atoms with Gasteiger partial charge in [0.25, 0.3) is 0 Å². The van der Waals surface area contributed by atoms with Gasteiger partial charge in [-0.15, -0.1) is 21.5 Å². The van der Waals surface area contributed by atoms with Gasteiger partial charge in [-0.05, 0) is 30.4 Å². The molecule has 0 saturated carbocycles. The minimum absolute atomic E-state index is 0.0106. The standard InChI is InChI=1S/C18H22N4O2S2/c1-12(2)10-22-17(15-6-7-24-13(15)3)20-21-18(22)26-11-16(23)19-9-14-5-4-8-25-14/h4-8,12H,9-11H2,1-3H3,(H,19,23). The van der Waals surface area contributed by atoms with E-state index >= 15 is 0 Å². The van der Waals surface area contributed by atoms with Gasteiger partial charge >= 0.3 is 0 Å². The van der Waals surface area contributed by atoms with Crippen molar-refractivity contribution in [1.82, 2.24) is 20.1 Å². The lowest BCUT2D eigenvalue weighted by Gasteiger charge is -2.12. The first-order valence-electron chi connectivity index (χ1n) is 8.44. The first-order chi connectivity index (χ1) is 12.5. The molecule has 3 rings (SSSR count). The highest BCUT2D eigenvalue weighted by Gasteiger charge is 2.19. The van der Waals surface area contributed by atoms with E-state index in [9.17, 15) is 4.79 Å². The molecule has 138 valence electrons. The van der Waals surface area contributed by atoms with E-state index in [1.807, 2.05) is 30.5 Å². The Kier molecular flexibility index (Phi) is 6.16. The number of aryl methyl sites for hydroxylation is 1. The fraction of sp³-hybridized carbons (Fsp3) is 0.389. The number of thioether (sulfide) groups is 1. The van der Waals surface area contributed by atoms with Gasteiger partial charge in [0.2, 0.25) is 5.91 Å². The number of aromatic nitrogens is 3. The summed E-state index contributed by atoms with van der Waals surface area (Å²) in [5.41, 5.74) is 0.937. The van der Waals surface area contributed by atoms with Crippen molar-refractivity contribution in [3.63, 3.8) is 0 Å². The molecular weight excluding hydrogens is 368 g/mol. The number of hydrogen-bond donors (Lipinski definition) is 1. The maximum Gasteiger partial charge on any atom is 0.230 e. The lowest BCUT2D eigenvalue weighted by Crippen LogP contribution is -2.24. The van der Waals surface area contributed by atoms with Crippen molar-refractivity contribution in [2.75, 3.05) is 5.75 Å². The highest BCUT2D eigenvalue weighted by molar-refractivity contribution is 7.99. The summed E-state index contributed by atoms with van der Waals surface area (Å²) < 4.78 is 7.47. The van der Waals surface area contributed by atoms with E-state index in [1.54, 1.807) is 17.6 Å². The Labute approximate surface area is 161 Å². The Morgan fingerprint density at radius 2 is 2.23 bits per heavy atom. The average molecular weight is 391 g/mol. The average Bonchev–Trinajstić information content (AvgIpc) is 3.32. The van der Waals surface area contributed by atoms with Crippen molar-refractivity contribution in [1.29, 1.82) is 0 Å². The Morgan fingerprint density at radius 1 is 1.38 bits per heavy atom. The van der Waals surface area contributed by atoms with Gasteiger partial charge in [0, 0.05) is 11.4 Å². The van der Waals surface area contributed by atoms with Crippen LogP contribution in [0.1, 0.15) is 24.5 Å². The van der Waals surface area contributed by atoms with Crippen LogP contribution in [0.5, 0.6) is 0 Å². The molecule has 0 unspecified atom stereocenters. The van der Waals surface area contributed by atoms with Crippen LogP contribution in [-0.4, -0.2) is 26.4 Å². The molecule has 0 fully saturated rings. The summed E-state index contributed by atoms with van der Waals surface area (Å²) in [5, 5.41) is 14.3. The van der Waals surface area contributed by atoms with Crippen LogP contribution in [0, 0.1) is 12.8 Å². The first-order valence-corrected chi connectivity index (χ1v) is 10.3. The first kappa shape index (κ1) is 18.7. The number of amides is 1. The van der Waals surface area contributed by atoms with Crippen molar-refractivity contribution in [2.24, 2.45) is 5.92 Å². The Hall–Kier alpha value is -2.06. The molecule has 0 atom stereocenters. The summed E-state index contributed by atoms with van der Waals surface area (Å²) in [6.45, 7) is 7.55. The van der Waals surface area contributed by atoms with E-state index in [4.69, 9.17) is 4.42 Å². The van der Waals surface area contributed by atoms with Crippen LogP contribution >= 0.6 is 23.1 Å². The van der Waals surface area contributed by atoms with E-state index in [1.165, 1.54) is 11.8 Å². The number of nitrogens with one attached hydrogen (secondary N) is 1. The van der Waals surface area contributed by atoms with Crippen molar-refractivity contribution < 1.29 is 9.21 Å². The third-order valence-corrected chi connectivity index (χ3v) is 5.58. The number of nitrogens with zero attached hydrogens (tertiary/aromatic N) is 3. The van der Waals surface area contributed by atoms with Crippen molar-refractivity contribution in [2.45, 2.75) is 39.0 Å². The molecule has 0 aliphatic heterocycles. The van der Waals surface area contributed by atoms with Gasteiger partial charge in [-0.3, -0.25) is 4.79 Å². The third kappa shape index (κ3) is 4.56. The summed E-state index contributed by atoms with van der Waals surface area (Å²) in [5.74, 6) is 2.33. The SMILES string of the molecule is Cc1occc1-c1nnc(SCC(=O)NCc2cccs2)n1CC(C)C. The molecule has 0 aromatic carbocycles. The second-order valence-corrected chi connectivity index (χ2v) is 8.32. The van der Waals surface area contributed by atoms with Crippen molar-refractivity contribution >= 4 is 29.0 Å². The molecule has 26 heavy (non-hydrogen) atoms. The van der Waals surface area contributed by atoms with Crippen LogP contribution in [0.25, 0.3) is 11.4 Å². The molecular formula is C18H22N4O2S2. The molecule has 0 saturated heterocycles. The molecule has 8 heteroatoms. The smallest absolute Gasteiger partial charge is 0.230 e. The summed E-state index contributed by atoms with van der Waals surface area (Å²) in [6, 6.07) is 5.89. The van der Waals surface area contributed by atoms with E-state index in [2.05, 4.69) is 33.9 Å². The lowest BCUT2D eigenvalue weighted by atomic mass is 10.2. The van der Waals surface area contributed by atoms with Gasteiger partial charge in [0.05, 0.1) is 24.1 Å². The fourth-order valence-electron chi connectivity index (χ4n) is 2.52. The number of rotatable bonds is 8. The van der Waals surface area contributed by atoms with Gasteiger partial charge in [0.15, 0.2) is 11.0 Å². The van der Waals surface area contributed by atoms with E-state index < -0.39 is 0 Å². The molecule has 0 aliphatic rings. The third-order valence-electron chi connectivity index (χ3n) is 3.74. The Bertz CT molecular complexity index is 853. The summed E-state index contributed by atoms with van der Waals surface area (Å²) in [6.07, 6.45) is 1.66. The molecule has 3 heterocycles. The minimum Gasteiger partial charge on any atom is -0.469 e. The summed E-state index contributed by atoms with van der Waals surface area (Å²) in [4.78, 5) is 13.3.